The van der Waals surface area contributed by atoms with Crippen LogP contribution in [-0.4, -0.2) is 67.5 Å². The summed E-state index contributed by atoms with van der Waals surface area (Å²) in [6.45, 7) is 7.39. The van der Waals surface area contributed by atoms with Gasteiger partial charge in [0.25, 0.3) is 5.91 Å². The molecule has 0 bridgehead atoms. The second-order valence-electron chi connectivity index (χ2n) is 7.37. The highest BCUT2D eigenvalue weighted by molar-refractivity contribution is 7.89. The van der Waals surface area contributed by atoms with E-state index >= 15 is 0 Å². The van der Waals surface area contributed by atoms with Crippen LogP contribution in [0, 0.1) is 11.8 Å². The monoisotopic (exact) mass is 386 g/mol. The fourth-order valence-corrected chi connectivity index (χ4v) is 4.16. The number of hydrogen-bond acceptors (Lipinski definition) is 5. The summed E-state index contributed by atoms with van der Waals surface area (Å²) in [7, 11) is -0.335. The van der Waals surface area contributed by atoms with Crippen molar-refractivity contribution in [2.75, 3.05) is 33.1 Å². The molecule has 26 heavy (non-hydrogen) atoms. The third-order valence-corrected chi connectivity index (χ3v) is 6.44. The molecule has 0 radical (unpaired) electrons. The van der Waals surface area contributed by atoms with Crippen LogP contribution in [0.1, 0.15) is 37.0 Å². The van der Waals surface area contributed by atoms with Gasteiger partial charge in [0.05, 0.1) is 30.7 Å². The zero-order valence-corrected chi connectivity index (χ0v) is 17.0. The summed E-state index contributed by atoms with van der Waals surface area (Å²) in [4.78, 5) is 12.7. The lowest BCUT2D eigenvalue weighted by Gasteiger charge is -2.21. The molecule has 1 N–H and O–H groups in total. The number of aryl methyl sites for hydroxylation is 1. The third kappa shape index (κ3) is 5.05. The minimum Gasteiger partial charge on any atom is -0.379 e. The fraction of sp³-hybridized carbons (Fsp3) is 0.765. The number of sulfonamides is 1. The van der Waals surface area contributed by atoms with E-state index in [4.69, 9.17) is 4.74 Å². The Labute approximate surface area is 155 Å². The average Bonchev–Trinajstić information content (AvgIpc) is 3.13. The Morgan fingerprint density at radius 1 is 1.42 bits per heavy atom. The Hall–Kier alpha value is -1.45. The highest BCUT2D eigenvalue weighted by atomic mass is 32.2. The van der Waals surface area contributed by atoms with Crippen molar-refractivity contribution in [3.8, 4) is 0 Å². The first kappa shape index (κ1) is 20.9. The summed E-state index contributed by atoms with van der Waals surface area (Å²) >= 11 is 0. The summed E-state index contributed by atoms with van der Waals surface area (Å²) in [5.74, 6) is -0.0945. The van der Waals surface area contributed by atoms with Crippen molar-refractivity contribution in [3.63, 3.8) is 0 Å². The minimum absolute atomic E-state index is 0.0451. The first-order valence-electron chi connectivity index (χ1n) is 8.99. The van der Waals surface area contributed by atoms with E-state index < -0.39 is 10.0 Å². The smallest absolute Gasteiger partial charge is 0.269 e. The van der Waals surface area contributed by atoms with Gasteiger partial charge in [-0.15, -0.1) is 0 Å². The lowest BCUT2D eigenvalue weighted by atomic mass is 10.1. The zero-order chi connectivity index (χ0) is 19.5. The van der Waals surface area contributed by atoms with Gasteiger partial charge in [-0.25, -0.2) is 12.7 Å². The average molecular weight is 387 g/mol. The first-order valence-corrected chi connectivity index (χ1v) is 10.6. The van der Waals surface area contributed by atoms with Crippen molar-refractivity contribution >= 4 is 15.9 Å². The SMILES string of the molecule is CCn1nc(CC(C)C)cc1C(=O)N[C@@H]1COC[C@H]1CS(=O)(=O)N(C)C. The lowest BCUT2D eigenvalue weighted by molar-refractivity contribution is 0.0915. The van der Waals surface area contributed by atoms with Gasteiger partial charge in [-0.3, -0.25) is 9.48 Å². The van der Waals surface area contributed by atoms with E-state index in [1.165, 1.54) is 18.4 Å². The van der Waals surface area contributed by atoms with Gasteiger partial charge >= 0.3 is 0 Å². The molecule has 1 saturated heterocycles. The van der Waals surface area contributed by atoms with E-state index in [0.29, 0.717) is 31.4 Å². The van der Waals surface area contributed by atoms with E-state index in [2.05, 4.69) is 24.3 Å². The molecule has 148 valence electrons. The standard InChI is InChI=1S/C17H30N4O4S/c1-6-21-16(8-14(19-21)7-12(2)3)17(22)18-15-10-25-9-13(15)11-26(23,24)20(4)5/h8,12-13,15H,6-7,9-11H2,1-5H3,(H,18,22)/t13-,15+/m0/s1. The predicted octanol–water partition coefficient (Wildman–Crippen LogP) is 0.738. The van der Waals surface area contributed by atoms with Crippen LogP contribution < -0.4 is 5.32 Å². The molecule has 0 unspecified atom stereocenters. The van der Waals surface area contributed by atoms with Gasteiger partial charge in [0.2, 0.25) is 10.0 Å². The van der Waals surface area contributed by atoms with Crippen molar-refractivity contribution in [1.82, 2.24) is 19.4 Å². The van der Waals surface area contributed by atoms with E-state index in [1.807, 2.05) is 13.0 Å². The number of carbonyl (C=O) groups excluding carboxylic acids is 1. The van der Waals surface area contributed by atoms with Gasteiger partial charge in [-0.2, -0.15) is 5.10 Å². The number of rotatable bonds is 8. The molecule has 2 rings (SSSR count). The van der Waals surface area contributed by atoms with Gasteiger partial charge in [-0.1, -0.05) is 13.8 Å². The number of carbonyl (C=O) groups is 1. The zero-order valence-electron chi connectivity index (χ0n) is 16.2. The molecule has 0 aromatic carbocycles. The Balaban J connectivity index is 2.10. The van der Waals surface area contributed by atoms with Crippen LogP contribution in [0.4, 0.5) is 0 Å². The molecule has 2 heterocycles. The maximum atomic E-state index is 12.7. The number of nitrogens with one attached hydrogen (secondary N) is 1. The maximum absolute atomic E-state index is 12.7. The van der Waals surface area contributed by atoms with Crippen molar-refractivity contribution < 1.29 is 17.9 Å². The number of ether oxygens (including phenoxy) is 1. The molecule has 0 saturated carbocycles. The first-order chi connectivity index (χ1) is 12.1. The topological polar surface area (TPSA) is 93.5 Å². The molecule has 1 aromatic heterocycles. The van der Waals surface area contributed by atoms with Crippen LogP contribution in [0.2, 0.25) is 0 Å². The van der Waals surface area contributed by atoms with Crippen LogP contribution >= 0.6 is 0 Å². The molecule has 0 aliphatic carbocycles. The second kappa shape index (κ2) is 8.49. The molecule has 1 aliphatic heterocycles. The number of nitrogens with zero attached hydrogens (tertiary/aromatic N) is 3. The normalized spacial score (nSPS) is 20.9. The molecule has 1 aliphatic rings. The largest absolute Gasteiger partial charge is 0.379 e. The predicted molar refractivity (Wildman–Crippen MR) is 99.5 cm³/mol. The van der Waals surface area contributed by atoms with E-state index in [9.17, 15) is 13.2 Å². The molecule has 8 nitrogen and oxygen atoms in total. The summed E-state index contributed by atoms with van der Waals surface area (Å²) in [6.07, 6.45) is 0.809. The molecule has 2 atom stereocenters. The van der Waals surface area contributed by atoms with Gasteiger partial charge in [0.15, 0.2) is 0 Å². The number of aromatic nitrogens is 2. The highest BCUT2D eigenvalue weighted by Crippen LogP contribution is 2.18. The summed E-state index contributed by atoms with van der Waals surface area (Å²) in [6, 6.07) is 1.49. The fourth-order valence-electron chi connectivity index (χ4n) is 3.00. The van der Waals surface area contributed by atoms with Crippen molar-refractivity contribution in [1.29, 1.82) is 0 Å². The molecular formula is C17H30N4O4S. The summed E-state index contributed by atoms with van der Waals surface area (Å²) < 4.78 is 32.6. The molecule has 9 heteroatoms. The van der Waals surface area contributed by atoms with E-state index in [1.54, 1.807) is 4.68 Å². The van der Waals surface area contributed by atoms with Crippen molar-refractivity contribution in [2.24, 2.45) is 11.8 Å². The van der Waals surface area contributed by atoms with Gasteiger partial charge in [-0.05, 0) is 25.3 Å². The minimum atomic E-state index is -3.35. The van der Waals surface area contributed by atoms with Crippen LogP contribution in [0.3, 0.4) is 0 Å². The van der Waals surface area contributed by atoms with Crippen LogP contribution in [0.15, 0.2) is 6.07 Å². The molecule has 0 spiro atoms. The van der Waals surface area contributed by atoms with Gasteiger partial charge < -0.3 is 10.1 Å². The van der Waals surface area contributed by atoms with Crippen molar-refractivity contribution in [2.45, 2.75) is 39.8 Å². The molecule has 1 amide bonds. The molecular weight excluding hydrogens is 356 g/mol. The van der Waals surface area contributed by atoms with Gasteiger partial charge in [0, 0.05) is 26.6 Å². The number of amides is 1. The lowest BCUT2D eigenvalue weighted by Crippen LogP contribution is -2.44. The van der Waals surface area contributed by atoms with Crippen molar-refractivity contribution in [3.05, 3.63) is 17.5 Å². The Morgan fingerprint density at radius 2 is 2.12 bits per heavy atom. The van der Waals surface area contributed by atoms with Crippen LogP contribution in [0.5, 0.6) is 0 Å². The second-order valence-corrected chi connectivity index (χ2v) is 9.60. The summed E-state index contributed by atoms with van der Waals surface area (Å²) in [5.41, 5.74) is 1.39. The third-order valence-electron chi connectivity index (χ3n) is 4.48. The Bertz CT molecular complexity index is 727. The Kier molecular flexibility index (Phi) is 6.81. The van der Waals surface area contributed by atoms with Gasteiger partial charge in [0.1, 0.15) is 5.69 Å². The maximum Gasteiger partial charge on any atom is 0.269 e. The number of hydrogen-bond donors (Lipinski definition) is 1. The van der Waals surface area contributed by atoms with E-state index in [-0.39, 0.29) is 23.6 Å². The van der Waals surface area contributed by atoms with Crippen LogP contribution in [-0.2, 0) is 27.7 Å². The molecule has 1 aromatic rings. The molecule has 1 fully saturated rings. The summed E-state index contributed by atoms with van der Waals surface area (Å²) in [5, 5.41) is 7.43. The highest BCUT2D eigenvalue weighted by Gasteiger charge is 2.34. The quantitative estimate of drug-likeness (QED) is 0.711. The Morgan fingerprint density at radius 3 is 2.69 bits per heavy atom. The van der Waals surface area contributed by atoms with E-state index in [0.717, 1.165) is 12.1 Å². The van der Waals surface area contributed by atoms with Crippen LogP contribution in [0.25, 0.3) is 0 Å².